The maximum absolute atomic E-state index is 12.6. The Bertz CT molecular complexity index is 707. The average molecular weight is 295 g/mol. The van der Waals surface area contributed by atoms with Crippen LogP contribution in [0.2, 0.25) is 0 Å². The van der Waals surface area contributed by atoms with E-state index in [1.165, 1.54) is 17.4 Å². The number of aromatic nitrogens is 1. The van der Waals surface area contributed by atoms with Gasteiger partial charge in [-0.05, 0) is 31.0 Å². The minimum Gasteiger partial charge on any atom is -0.298 e. The third-order valence-electron chi connectivity index (χ3n) is 2.44. The van der Waals surface area contributed by atoms with Crippen LogP contribution >= 0.6 is 11.3 Å². The second kappa shape index (κ2) is 5.47. The van der Waals surface area contributed by atoms with Gasteiger partial charge in [-0.25, -0.2) is 4.98 Å². The zero-order valence-electron chi connectivity index (χ0n) is 10.3. The molecule has 1 aromatic heterocycles. The lowest BCUT2D eigenvalue weighted by Crippen LogP contribution is -2.08. The Morgan fingerprint density at radius 3 is 2.60 bits per heavy atom. The second-order valence-electron chi connectivity index (χ2n) is 3.92. The predicted octanol–water partition coefficient (Wildman–Crippen LogP) is 3.68. The minimum absolute atomic E-state index is 0.182. The summed E-state index contributed by atoms with van der Waals surface area (Å²) in [7, 11) is 0. The monoisotopic (exact) mass is 295 g/mol. The second-order valence-corrected chi connectivity index (χ2v) is 4.98. The number of thiazole rings is 1. The number of halogens is 3. The summed E-state index contributed by atoms with van der Waals surface area (Å²) in [4.78, 5) is 14.9. The summed E-state index contributed by atoms with van der Waals surface area (Å²) in [6, 6.07) is 3.23. The molecule has 0 N–H and O–H groups in total. The number of alkyl halides is 3. The SMILES string of the molecule is Cc1nc(C#Cc2ccc(C(F)(F)F)c(C=O)c2)cs1. The Kier molecular flexibility index (Phi) is 3.91. The topological polar surface area (TPSA) is 30.0 Å². The standard InChI is InChI=1S/C14H8F3NOS/c1-9-18-12(8-20-9)4-2-10-3-5-13(14(15,16)17)11(6-10)7-19/h3,5-8H,1H3. The van der Waals surface area contributed by atoms with Gasteiger partial charge in [0.2, 0.25) is 0 Å². The van der Waals surface area contributed by atoms with E-state index < -0.39 is 17.3 Å². The number of nitrogens with zero attached hydrogens (tertiary/aromatic N) is 1. The molecule has 6 heteroatoms. The van der Waals surface area contributed by atoms with Gasteiger partial charge in [0, 0.05) is 16.5 Å². The number of rotatable bonds is 1. The highest BCUT2D eigenvalue weighted by Gasteiger charge is 2.33. The minimum atomic E-state index is -4.55. The number of aryl methyl sites for hydroxylation is 1. The van der Waals surface area contributed by atoms with Gasteiger partial charge < -0.3 is 0 Å². The molecule has 102 valence electrons. The van der Waals surface area contributed by atoms with Gasteiger partial charge in [-0.15, -0.1) is 11.3 Å². The van der Waals surface area contributed by atoms with Crippen LogP contribution in [0.15, 0.2) is 23.6 Å². The summed E-state index contributed by atoms with van der Waals surface area (Å²) in [6.07, 6.45) is -4.37. The largest absolute Gasteiger partial charge is 0.417 e. The van der Waals surface area contributed by atoms with Gasteiger partial charge in [-0.2, -0.15) is 13.2 Å². The van der Waals surface area contributed by atoms with Gasteiger partial charge in [0.1, 0.15) is 5.69 Å². The van der Waals surface area contributed by atoms with Crippen LogP contribution in [0.3, 0.4) is 0 Å². The van der Waals surface area contributed by atoms with Crippen molar-refractivity contribution >= 4 is 17.6 Å². The van der Waals surface area contributed by atoms with Crippen LogP contribution in [-0.4, -0.2) is 11.3 Å². The zero-order valence-corrected chi connectivity index (χ0v) is 11.1. The van der Waals surface area contributed by atoms with E-state index in [0.29, 0.717) is 11.3 Å². The molecule has 0 radical (unpaired) electrons. The van der Waals surface area contributed by atoms with Gasteiger partial charge in [0.15, 0.2) is 6.29 Å². The molecule has 1 aromatic carbocycles. The summed E-state index contributed by atoms with van der Waals surface area (Å²) in [5.74, 6) is 5.44. The first-order chi connectivity index (χ1) is 9.40. The highest BCUT2D eigenvalue weighted by atomic mass is 32.1. The lowest BCUT2D eigenvalue weighted by molar-refractivity contribution is -0.137. The number of hydrogen-bond donors (Lipinski definition) is 0. The fraction of sp³-hybridized carbons (Fsp3) is 0.143. The number of aldehydes is 1. The molecular weight excluding hydrogens is 287 g/mol. The van der Waals surface area contributed by atoms with Gasteiger partial charge in [-0.3, -0.25) is 4.79 Å². The molecule has 0 unspecified atom stereocenters. The van der Waals surface area contributed by atoms with E-state index in [4.69, 9.17) is 0 Å². The molecular formula is C14H8F3NOS. The van der Waals surface area contributed by atoms with Crippen molar-refractivity contribution in [3.05, 3.63) is 51.0 Å². The Hall–Kier alpha value is -2.13. The van der Waals surface area contributed by atoms with E-state index >= 15 is 0 Å². The van der Waals surface area contributed by atoms with Crippen LogP contribution in [0.1, 0.15) is 32.2 Å². The van der Waals surface area contributed by atoms with E-state index in [2.05, 4.69) is 16.8 Å². The molecule has 20 heavy (non-hydrogen) atoms. The molecule has 0 aliphatic heterocycles. The molecule has 0 saturated carbocycles. The van der Waals surface area contributed by atoms with Gasteiger partial charge in [0.05, 0.1) is 10.6 Å². The molecule has 0 amide bonds. The van der Waals surface area contributed by atoms with Crippen molar-refractivity contribution in [1.29, 1.82) is 0 Å². The highest BCUT2D eigenvalue weighted by molar-refractivity contribution is 7.09. The maximum atomic E-state index is 12.6. The Balaban J connectivity index is 2.36. The molecule has 0 saturated heterocycles. The average Bonchev–Trinajstić information content (AvgIpc) is 2.80. The molecule has 2 rings (SSSR count). The van der Waals surface area contributed by atoms with Crippen LogP contribution in [-0.2, 0) is 6.18 Å². The van der Waals surface area contributed by atoms with Crippen LogP contribution < -0.4 is 0 Å². The van der Waals surface area contributed by atoms with Crippen molar-refractivity contribution in [3.63, 3.8) is 0 Å². The maximum Gasteiger partial charge on any atom is 0.417 e. The Morgan fingerprint density at radius 2 is 2.05 bits per heavy atom. The summed E-state index contributed by atoms with van der Waals surface area (Å²) >= 11 is 1.43. The normalized spacial score (nSPS) is 10.8. The Morgan fingerprint density at radius 1 is 1.30 bits per heavy atom. The van der Waals surface area contributed by atoms with Crippen molar-refractivity contribution in [3.8, 4) is 11.8 Å². The van der Waals surface area contributed by atoms with Crippen LogP contribution in [0.25, 0.3) is 0 Å². The summed E-state index contributed by atoms with van der Waals surface area (Å²) in [6.45, 7) is 1.83. The lowest BCUT2D eigenvalue weighted by atomic mass is 10.0. The molecule has 0 bridgehead atoms. The molecule has 0 spiro atoms. The first kappa shape index (κ1) is 14.3. The fourth-order valence-corrected chi connectivity index (χ4v) is 2.10. The highest BCUT2D eigenvalue weighted by Crippen LogP contribution is 2.31. The number of hydrogen-bond acceptors (Lipinski definition) is 3. The third kappa shape index (κ3) is 3.25. The molecule has 2 aromatic rings. The fourth-order valence-electron chi connectivity index (χ4n) is 1.55. The van der Waals surface area contributed by atoms with E-state index in [9.17, 15) is 18.0 Å². The summed E-state index contributed by atoms with van der Waals surface area (Å²) in [5, 5.41) is 2.61. The molecule has 0 atom stereocenters. The van der Waals surface area contributed by atoms with E-state index in [1.54, 1.807) is 5.38 Å². The van der Waals surface area contributed by atoms with Gasteiger partial charge in [-0.1, -0.05) is 5.92 Å². The quantitative estimate of drug-likeness (QED) is 0.593. The third-order valence-corrected chi connectivity index (χ3v) is 3.21. The van der Waals surface area contributed by atoms with E-state index in [1.807, 2.05) is 6.92 Å². The zero-order chi connectivity index (χ0) is 14.8. The number of carbonyl (C=O) groups excluding carboxylic acids is 1. The van der Waals surface area contributed by atoms with Crippen molar-refractivity contribution < 1.29 is 18.0 Å². The smallest absolute Gasteiger partial charge is 0.298 e. The number of benzene rings is 1. The van der Waals surface area contributed by atoms with Crippen molar-refractivity contribution in [2.75, 3.05) is 0 Å². The van der Waals surface area contributed by atoms with Crippen LogP contribution in [0, 0.1) is 18.8 Å². The summed E-state index contributed by atoms with van der Waals surface area (Å²) < 4.78 is 37.9. The van der Waals surface area contributed by atoms with E-state index in [-0.39, 0.29) is 6.29 Å². The first-order valence-electron chi connectivity index (χ1n) is 5.51. The Labute approximate surface area is 117 Å². The van der Waals surface area contributed by atoms with E-state index in [0.717, 1.165) is 17.1 Å². The molecule has 1 heterocycles. The predicted molar refractivity (Wildman–Crippen MR) is 69.7 cm³/mol. The molecule has 0 aliphatic rings. The lowest BCUT2D eigenvalue weighted by Gasteiger charge is -2.08. The van der Waals surface area contributed by atoms with Gasteiger partial charge in [0.25, 0.3) is 0 Å². The van der Waals surface area contributed by atoms with Crippen molar-refractivity contribution in [2.24, 2.45) is 0 Å². The summed E-state index contributed by atoms with van der Waals surface area (Å²) in [5.41, 5.74) is -0.480. The number of carbonyl (C=O) groups is 1. The molecule has 0 aliphatic carbocycles. The molecule has 2 nitrogen and oxygen atoms in total. The van der Waals surface area contributed by atoms with Gasteiger partial charge >= 0.3 is 6.18 Å². The van der Waals surface area contributed by atoms with Crippen molar-refractivity contribution in [1.82, 2.24) is 4.98 Å². The van der Waals surface area contributed by atoms with Crippen molar-refractivity contribution in [2.45, 2.75) is 13.1 Å². The van der Waals surface area contributed by atoms with Crippen LogP contribution in [0.4, 0.5) is 13.2 Å². The first-order valence-corrected chi connectivity index (χ1v) is 6.38. The van der Waals surface area contributed by atoms with Crippen LogP contribution in [0.5, 0.6) is 0 Å². The molecule has 0 fully saturated rings.